The van der Waals surface area contributed by atoms with Gasteiger partial charge in [0.25, 0.3) is 0 Å². The molecule has 98 valence electrons. The van der Waals surface area contributed by atoms with Crippen LogP contribution in [0.3, 0.4) is 0 Å². The fourth-order valence-electron chi connectivity index (χ4n) is 0.803. The summed E-state index contributed by atoms with van der Waals surface area (Å²) >= 11 is 0.0709. The van der Waals surface area contributed by atoms with Crippen LogP contribution in [-0.2, 0) is 9.59 Å². The van der Waals surface area contributed by atoms with Crippen LogP contribution >= 0.6 is 0 Å². The molecule has 4 nitrogen and oxygen atoms in total. The Bertz CT molecular complexity index is 223. The minimum absolute atomic E-state index is 0.0709. The normalized spacial score (nSPS) is 10.5. The average molecular weight is 349 g/mol. The molecule has 2 N–H and O–H groups in total. The first kappa shape index (κ1) is 18.8. The molecule has 0 aromatic rings. The van der Waals surface area contributed by atoms with Gasteiger partial charge in [-0.25, -0.2) is 9.59 Å². The average Bonchev–Trinajstić information content (AvgIpc) is 2.14. The molecule has 0 atom stereocenters. The molecular weight excluding hydrogens is 327 g/mol. The Morgan fingerprint density at radius 1 is 0.941 bits per heavy atom. The third-order valence-corrected chi connectivity index (χ3v) is 7.78. The maximum absolute atomic E-state index is 9.55. The molecule has 0 saturated carbocycles. The van der Waals surface area contributed by atoms with Crippen LogP contribution in [-0.4, -0.2) is 43.3 Å². The largest absolute Gasteiger partial charge is 0.478 e. The van der Waals surface area contributed by atoms with Crippen molar-refractivity contribution in [3.8, 4) is 0 Å². The molecule has 0 saturated heterocycles. The van der Waals surface area contributed by atoms with Crippen LogP contribution < -0.4 is 0 Å². The van der Waals surface area contributed by atoms with Crippen molar-refractivity contribution in [2.45, 2.75) is 36.6 Å². The van der Waals surface area contributed by atoms with Crippen molar-refractivity contribution in [1.29, 1.82) is 0 Å². The summed E-state index contributed by atoms with van der Waals surface area (Å²) in [5.41, 5.74) is 0. The summed E-state index contributed by atoms with van der Waals surface area (Å²) in [5.74, 6) is -0.578. The van der Waals surface area contributed by atoms with Crippen molar-refractivity contribution in [2.24, 2.45) is 11.8 Å². The molecule has 0 unspecified atom stereocenters. The maximum atomic E-state index is 9.55. The van der Waals surface area contributed by atoms with Gasteiger partial charge in [-0.05, 0) is 0 Å². The van der Waals surface area contributed by atoms with Crippen molar-refractivity contribution in [2.75, 3.05) is 0 Å². The van der Waals surface area contributed by atoms with E-state index >= 15 is 0 Å². The zero-order chi connectivity index (χ0) is 13.8. The van der Waals surface area contributed by atoms with Crippen LogP contribution in [0.1, 0.15) is 27.7 Å². The fourth-order valence-corrected chi connectivity index (χ4v) is 4.57. The first-order valence-corrected chi connectivity index (χ1v) is 9.64. The van der Waals surface area contributed by atoms with Gasteiger partial charge in [-0.2, -0.15) is 0 Å². The van der Waals surface area contributed by atoms with Gasteiger partial charge in [0, 0.05) is 12.2 Å². The van der Waals surface area contributed by atoms with Gasteiger partial charge < -0.3 is 10.2 Å². The molecule has 0 heterocycles. The SMILES string of the molecule is CC(C)[CH2][Sn][CH2]C(C)C.O=C(O)C=CC(=O)O. The van der Waals surface area contributed by atoms with Gasteiger partial charge in [0.1, 0.15) is 0 Å². The van der Waals surface area contributed by atoms with E-state index in [1.165, 1.54) is 0 Å². The Morgan fingerprint density at radius 3 is 1.41 bits per heavy atom. The monoisotopic (exact) mass is 350 g/mol. The molecule has 0 bridgehead atoms. The van der Waals surface area contributed by atoms with E-state index < -0.39 is 11.9 Å². The van der Waals surface area contributed by atoms with Gasteiger partial charge in [0.15, 0.2) is 0 Å². The number of carboxylic acids is 2. The molecule has 0 aliphatic heterocycles. The quantitative estimate of drug-likeness (QED) is 0.571. The van der Waals surface area contributed by atoms with Crippen LogP contribution in [0.2, 0.25) is 8.87 Å². The number of hydrogen-bond donors (Lipinski definition) is 2. The predicted octanol–water partition coefficient (Wildman–Crippen LogP) is 2.55. The molecule has 0 rings (SSSR count). The van der Waals surface area contributed by atoms with Crippen molar-refractivity contribution in [3.05, 3.63) is 12.2 Å². The summed E-state index contributed by atoms with van der Waals surface area (Å²) in [5, 5.41) is 15.6. The summed E-state index contributed by atoms with van der Waals surface area (Å²) < 4.78 is 3.14. The van der Waals surface area contributed by atoms with E-state index in [0.29, 0.717) is 12.2 Å². The summed E-state index contributed by atoms with van der Waals surface area (Å²) in [6, 6.07) is 0. The number of carbonyl (C=O) groups is 2. The Labute approximate surface area is 113 Å². The van der Waals surface area contributed by atoms with Gasteiger partial charge in [-0.3, -0.25) is 0 Å². The van der Waals surface area contributed by atoms with Gasteiger partial charge in [-0.15, -0.1) is 0 Å². The van der Waals surface area contributed by atoms with E-state index in [4.69, 9.17) is 10.2 Å². The van der Waals surface area contributed by atoms with E-state index in [9.17, 15) is 9.59 Å². The second-order valence-electron chi connectivity index (χ2n) is 4.46. The van der Waals surface area contributed by atoms with Gasteiger partial charge in [-0.1, -0.05) is 0 Å². The predicted molar refractivity (Wildman–Crippen MR) is 69.5 cm³/mol. The number of aliphatic carboxylic acids is 2. The molecule has 0 amide bonds. The minimum Gasteiger partial charge on any atom is -0.478 e. The molecule has 0 aromatic carbocycles. The molecule has 0 spiro atoms. The number of hydrogen-bond acceptors (Lipinski definition) is 2. The first-order chi connectivity index (χ1) is 7.75. The maximum Gasteiger partial charge on any atom is 0.328 e. The topological polar surface area (TPSA) is 74.6 Å². The van der Waals surface area contributed by atoms with Crippen molar-refractivity contribution in [3.63, 3.8) is 0 Å². The van der Waals surface area contributed by atoms with Gasteiger partial charge >= 0.3 is 81.5 Å². The zero-order valence-electron chi connectivity index (χ0n) is 10.9. The standard InChI is InChI=1S/C4H4O4.2C4H9.Sn/c5-3(6)1-2-4(7)8;2*1-4(2)3;/h1-2H,(H,5,6)(H,7,8);2*4H,1H2,2-3H3;. The molecule has 0 fully saturated rings. The van der Waals surface area contributed by atoms with Crippen LogP contribution in [0, 0.1) is 11.8 Å². The van der Waals surface area contributed by atoms with Crippen LogP contribution in [0.4, 0.5) is 0 Å². The number of rotatable bonds is 6. The first-order valence-electron chi connectivity index (χ1n) is 5.60. The van der Waals surface area contributed by atoms with E-state index in [2.05, 4.69) is 27.7 Å². The van der Waals surface area contributed by atoms with Crippen LogP contribution in [0.15, 0.2) is 12.2 Å². The molecule has 2 radical (unpaired) electrons. The second-order valence-corrected chi connectivity index (χ2v) is 8.21. The summed E-state index contributed by atoms with van der Waals surface area (Å²) in [6.07, 6.45) is 1.12. The van der Waals surface area contributed by atoms with Gasteiger partial charge in [0.05, 0.1) is 0 Å². The molecule has 0 aromatic heterocycles. The second kappa shape index (κ2) is 11.9. The van der Waals surface area contributed by atoms with Crippen LogP contribution in [0.5, 0.6) is 0 Å². The minimum atomic E-state index is -1.26. The number of carboxylic acid groups (broad SMARTS) is 2. The van der Waals surface area contributed by atoms with E-state index in [-0.39, 0.29) is 21.1 Å². The van der Waals surface area contributed by atoms with E-state index in [0.717, 1.165) is 11.8 Å². The summed E-state index contributed by atoms with van der Waals surface area (Å²) in [7, 11) is 0. The summed E-state index contributed by atoms with van der Waals surface area (Å²) in [6.45, 7) is 9.34. The molecule has 0 aliphatic carbocycles. The van der Waals surface area contributed by atoms with E-state index in [1.54, 1.807) is 8.87 Å². The molecular formula is C12H22O4Sn. The van der Waals surface area contributed by atoms with Crippen molar-refractivity contribution < 1.29 is 19.8 Å². The zero-order valence-corrected chi connectivity index (χ0v) is 13.8. The Balaban J connectivity index is 0. The molecule has 5 heteroatoms. The van der Waals surface area contributed by atoms with Crippen molar-refractivity contribution in [1.82, 2.24) is 0 Å². The summed E-state index contributed by atoms with van der Waals surface area (Å²) in [4.78, 5) is 19.1. The smallest absolute Gasteiger partial charge is 0.328 e. The Kier molecular flexibility index (Phi) is 13.2. The van der Waals surface area contributed by atoms with Gasteiger partial charge in [0.2, 0.25) is 0 Å². The third kappa shape index (κ3) is 25.6. The Hall–Kier alpha value is -0.521. The molecule has 17 heavy (non-hydrogen) atoms. The van der Waals surface area contributed by atoms with Crippen molar-refractivity contribution >= 4 is 33.1 Å². The fraction of sp³-hybridized carbons (Fsp3) is 0.667. The third-order valence-electron chi connectivity index (χ3n) is 1.47. The molecule has 0 aliphatic rings. The Morgan fingerprint density at radius 2 is 1.24 bits per heavy atom. The van der Waals surface area contributed by atoms with Crippen LogP contribution in [0.25, 0.3) is 0 Å². The van der Waals surface area contributed by atoms with E-state index in [1.807, 2.05) is 0 Å².